The Morgan fingerprint density at radius 2 is 1.62 bits per heavy atom. The fourth-order valence-electron chi connectivity index (χ4n) is 2.69. The minimum atomic E-state index is -0.532. The number of hydrogen-bond acceptors (Lipinski definition) is 3. The quantitative estimate of drug-likeness (QED) is 0.754. The van der Waals surface area contributed by atoms with Crippen molar-refractivity contribution in [2.24, 2.45) is 7.05 Å². The lowest BCUT2D eigenvalue weighted by Gasteiger charge is -2.11. The average Bonchev–Trinajstić information content (AvgIpc) is 2.58. The van der Waals surface area contributed by atoms with Gasteiger partial charge in [-0.15, -0.1) is 0 Å². The first-order valence-corrected chi connectivity index (χ1v) is 7.48. The number of benzene rings is 2. The zero-order chi connectivity index (χ0) is 17.3. The number of carbonyl (C=O) groups is 2. The van der Waals surface area contributed by atoms with Crippen molar-refractivity contribution in [1.29, 1.82) is 0 Å². The van der Waals surface area contributed by atoms with Crippen molar-refractivity contribution in [3.63, 3.8) is 0 Å². The summed E-state index contributed by atoms with van der Waals surface area (Å²) >= 11 is 0. The number of nitrogens with one attached hydrogen (secondary N) is 1. The molecule has 120 valence electrons. The third-order valence-electron chi connectivity index (χ3n) is 3.90. The highest BCUT2D eigenvalue weighted by atomic mass is 16.2. The van der Waals surface area contributed by atoms with E-state index in [1.165, 1.54) is 13.1 Å². The number of ketones is 1. The predicted molar refractivity (Wildman–Crippen MR) is 93.6 cm³/mol. The first-order chi connectivity index (χ1) is 11.5. The molecule has 1 amide bonds. The number of pyridine rings is 1. The standard InChI is InChI=1S/C19H16N2O3/c1-12(22)13-7-3-5-9-16(13)20-19(24)15-11-21(2)17-10-6-4-8-14(17)18(15)23/h3-11H,1-2H3,(H,20,24). The van der Waals surface area contributed by atoms with Gasteiger partial charge in [0.25, 0.3) is 5.91 Å². The number of carbonyl (C=O) groups excluding carboxylic acids is 2. The number of Topliss-reactive ketones (excluding diaryl/α,β-unsaturated/α-hetero) is 1. The Kier molecular flexibility index (Phi) is 4.00. The molecule has 0 spiro atoms. The Bertz CT molecular complexity index is 1020. The molecule has 0 fully saturated rings. The molecule has 0 aliphatic carbocycles. The van der Waals surface area contributed by atoms with Crippen LogP contribution in [0.3, 0.4) is 0 Å². The van der Waals surface area contributed by atoms with Crippen LogP contribution in [0.25, 0.3) is 10.9 Å². The summed E-state index contributed by atoms with van der Waals surface area (Å²) in [5, 5.41) is 3.15. The second kappa shape index (κ2) is 6.12. The van der Waals surface area contributed by atoms with E-state index >= 15 is 0 Å². The summed E-state index contributed by atoms with van der Waals surface area (Å²) in [5.41, 5.74) is 1.26. The maximum Gasteiger partial charge on any atom is 0.261 e. The molecule has 5 nitrogen and oxygen atoms in total. The van der Waals surface area contributed by atoms with Crippen LogP contribution in [0.15, 0.2) is 59.5 Å². The van der Waals surface area contributed by atoms with E-state index < -0.39 is 5.91 Å². The van der Waals surface area contributed by atoms with E-state index in [2.05, 4.69) is 5.32 Å². The fraction of sp³-hybridized carbons (Fsp3) is 0.105. The van der Waals surface area contributed by atoms with Crippen molar-refractivity contribution in [2.45, 2.75) is 6.92 Å². The lowest BCUT2D eigenvalue weighted by atomic mass is 10.1. The van der Waals surface area contributed by atoms with Crippen molar-refractivity contribution >= 4 is 28.3 Å². The Labute approximate surface area is 138 Å². The summed E-state index contributed by atoms with van der Waals surface area (Å²) in [4.78, 5) is 36.8. The van der Waals surface area contributed by atoms with Gasteiger partial charge in [-0.25, -0.2) is 0 Å². The lowest BCUT2D eigenvalue weighted by Crippen LogP contribution is -2.24. The van der Waals surface area contributed by atoms with Crippen LogP contribution in [0.5, 0.6) is 0 Å². The van der Waals surface area contributed by atoms with Crippen LogP contribution in [-0.2, 0) is 7.05 Å². The summed E-state index contributed by atoms with van der Waals surface area (Å²) in [7, 11) is 1.78. The van der Waals surface area contributed by atoms with Gasteiger partial charge in [-0.3, -0.25) is 14.4 Å². The van der Waals surface area contributed by atoms with E-state index in [9.17, 15) is 14.4 Å². The summed E-state index contributed by atoms with van der Waals surface area (Å²) in [6.45, 7) is 1.43. The van der Waals surface area contributed by atoms with Gasteiger partial charge in [-0.2, -0.15) is 0 Å². The number of hydrogen-bond donors (Lipinski definition) is 1. The molecule has 0 aliphatic rings. The fourth-order valence-corrected chi connectivity index (χ4v) is 2.69. The van der Waals surface area contributed by atoms with Crippen LogP contribution in [0, 0.1) is 0 Å². The number of amides is 1. The van der Waals surface area contributed by atoms with E-state index in [1.807, 2.05) is 12.1 Å². The van der Waals surface area contributed by atoms with Crippen molar-refractivity contribution in [3.05, 3.63) is 76.1 Å². The molecule has 0 saturated carbocycles. The SMILES string of the molecule is CC(=O)c1ccccc1NC(=O)c1cn(C)c2ccccc2c1=O. The molecule has 1 heterocycles. The molecule has 24 heavy (non-hydrogen) atoms. The molecule has 2 aromatic carbocycles. The van der Waals surface area contributed by atoms with Gasteiger partial charge in [0, 0.05) is 24.2 Å². The van der Waals surface area contributed by atoms with Gasteiger partial charge in [-0.05, 0) is 31.2 Å². The number of rotatable bonds is 3. The van der Waals surface area contributed by atoms with Gasteiger partial charge in [0.05, 0.1) is 11.2 Å². The minimum Gasteiger partial charge on any atom is -0.350 e. The van der Waals surface area contributed by atoms with E-state index in [4.69, 9.17) is 0 Å². The van der Waals surface area contributed by atoms with Gasteiger partial charge in [0.2, 0.25) is 5.43 Å². The Morgan fingerprint density at radius 1 is 0.958 bits per heavy atom. The maximum atomic E-state index is 12.6. The largest absolute Gasteiger partial charge is 0.350 e. The molecule has 0 atom stereocenters. The van der Waals surface area contributed by atoms with Gasteiger partial charge in [0.1, 0.15) is 5.56 Å². The predicted octanol–water partition coefficient (Wildman–Crippen LogP) is 2.99. The monoisotopic (exact) mass is 320 g/mol. The number of nitrogens with zero attached hydrogens (tertiary/aromatic N) is 1. The topological polar surface area (TPSA) is 68.2 Å². The maximum absolute atomic E-state index is 12.6. The number of fused-ring (bicyclic) bond motifs is 1. The van der Waals surface area contributed by atoms with E-state index in [0.29, 0.717) is 16.6 Å². The highest BCUT2D eigenvalue weighted by Crippen LogP contribution is 2.17. The van der Waals surface area contributed by atoms with Crippen molar-refractivity contribution in [3.8, 4) is 0 Å². The number of aromatic nitrogens is 1. The molecular formula is C19H16N2O3. The molecule has 0 aliphatic heterocycles. The number of aryl methyl sites for hydroxylation is 1. The highest BCUT2D eigenvalue weighted by molar-refractivity contribution is 6.09. The van der Waals surface area contributed by atoms with Crippen LogP contribution in [0.4, 0.5) is 5.69 Å². The van der Waals surface area contributed by atoms with Crippen LogP contribution >= 0.6 is 0 Å². The second-order valence-electron chi connectivity index (χ2n) is 5.56. The van der Waals surface area contributed by atoms with Gasteiger partial charge >= 0.3 is 0 Å². The molecule has 5 heteroatoms. The summed E-state index contributed by atoms with van der Waals surface area (Å²) in [6, 6.07) is 13.8. The molecule has 1 aromatic heterocycles. The molecule has 0 bridgehead atoms. The minimum absolute atomic E-state index is 0.0366. The third-order valence-corrected chi connectivity index (χ3v) is 3.90. The van der Waals surface area contributed by atoms with Gasteiger partial charge < -0.3 is 9.88 Å². The summed E-state index contributed by atoms with van der Waals surface area (Å²) < 4.78 is 1.74. The van der Waals surface area contributed by atoms with E-state index in [0.717, 1.165) is 5.52 Å². The lowest BCUT2D eigenvalue weighted by molar-refractivity contribution is 0.101. The Hall–Kier alpha value is -3.21. The van der Waals surface area contributed by atoms with Crippen LogP contribution in [0.2, 0.25) is 0 Å². The van der Waals surface area contributed by atoms with E-state index in [-0.39, 0.29) is 16.8 Å². The second-order valence-corrected chi connectivity index (χ2v) is 5.56. The number of anilines is 1. The molecule has 0 unspecified atom stereocenters. The third kappa shape index (κ3) is 2.72. The van der Waals surface area contributed by atoms with Gasteiger partial charge in [0.15, 0.2) is 5.78 Å². The first kappa shape index (κ1) is 15.7. The van der Waals surface area contributed by atoms with Gasteiger partial charge in [-0.1, -0.05) is 24.3 Å². The molecular weight excluding hydrogens is 304 g/mol. The summed E-state index contributed by atoms with van der Waals surface area (Å²) in [6.07, 6.45) is 1.51. The van der Waals surface area contributed by atoms with Crippen LogP contribution < -0.4 is 10.7 Å². The Morgan fingerprint density at radius 3 is 2.38 bits per heavy atom. The molecule has 3 rings (SSSR count). The summed E-state index contributed by atoms with van der Waals surface area (Å²) in [5.74, 6) is -0.688. The number of para-hydroxylation sites is 2. The smallest absolute Gasteiger partial charge is 0.261 e. The normalized spacial score (nSPS) is 10.6. The molecule has 0 saturated heterocycles. The zero-order valence-electron chi connectivity index (χ0n) is 13.4. The Balaban J connectivity index is 2.06. The average molecular weight is 320 g/mol. The molecule has 1 N–H and O–H groups in total. The van der Waals surface area contributed by atoms with Crippen molar-refractivity contribution in [1.82, 2.24) is 4.57 Å². The van der Waals surface area contributed by atoms with E-state index in [1.54, 1.807) is 48.0 Å². The van der Waals surface area contributed by atoms with Crippen molar-refractivity contribution in [2.75, 3.05) is 5.32 Å². The van der Waals surface area contributed by atoms with Crippen LogP contribution in [0.1, 0.15) is 27.6 Å². The highest BCUT2D eigenvalue weighted by Gasteiger charge is 2.16. The van der Waals surface area contributed by atoms with Crippen molar-refractivity contribution < 1.29 is 9.59 Å². The van der Waals surface area contributed by atoms with Crippen LogP contribution in [-0.4, -0.2) is 16.3 Å². The molecule has 3 aromatic rings. The first-order valence-electron chi connectivity index (χ1n) is 7.48. The molecule has 0 radical (unpaired) electrons. The zero-order valence-corrected chi connectivity index (χ0v) is 13.4.